The topological polar surface area (TPSA) is 73.7 Å². The van der Waals surface area contributed by atoms with Crippen LogP contribution in [0.1, 0.15) is 16.8 Å². The van der Waals surface area contributed by atoms with Gasteiger partial charge >= 0.3 is 0 Å². The average molecular weight is 523 g/mol. The lowest BCUT2D eigenvalue weighted by Gasteiger charge is -2.39. The standard InChI is InChI=1S/C28H38N6O2S/c1-31(2)25-11-9-24(10-12-25)20-33-22-29-19-26(33)13-15-30-28(35)27-21-32(17-18-34(27)37(3)36)16-14-23-7-5-4-6-8-23/h4-12,19,22,27H,13-18,20-21H2,1-3H3,(H,30,35). The number of carbonyl (C=O) groups excluding carboxylic acids is 1. The third-order valence-electron chi connectivity index (χ3n) is 6.89. The molecule has 9 heteroatoms. The maximum atomic E-state index is 13.2. The first kappa shape index (κ1) is 27.0. The Labute approximate surface area is 222 Å². The summed E-state index contributed by atoms with van der Waals surface area (Å²) in [7, 11) is 2.87. The lowest BCUT2D eigenvalue weighted by atomic mass is 10.1. The smallest absolute Gasteiger partial charge is 0.239 e. The Hall–Kier alpha value is -3.01. The zero-order chi connectivity index (χ0) is 26.2. The van der Waals surface area contributed by atoms with E-state index in [9.17, 15) is 9.00 Å². The quantitative estimate of drug-likeness (QED) is 0.418. The molecule has 8 nitrogen and oxygen atoms in total. The van der Waals surface area contributed by atoms with E-state index >= 15 is 0 Å². The Morgan fingerprint density at radius 2 is 1.81 bits per heavy atom. The predicted molar refractivity (Wildman–Crippen MR) is 150 cm³/mol. The summed E-state index contributed by atoms with van der Waals surface area (Å²) in [6.45, 7) is 4.14. The highest BCUT2D eigenvalue weighted by atomic mass is 32.2. The molecule has 1 amide bonds. The second-order valence-corrected chi connectivity index (χ2v) is 11.0. The van der Waals surface area contributed by atoms with Crippen molar-refractivity contribution in [1.29, 1.82) is 0 Å². The number of carbonyl (C=O) groups is 1. The fourth-order valence-corrected chi connectivity index (χ4v) is 5.57. The third-order valence-corrected chi connectivity index (χ3v) is 7.99. The molecule has 3 aromatic rings. The van der Waals surface area contributed by atoms with Crippen LogP contribution in [-0.4, -0.2) is 88.0 Å². The fourth-order valence-electron chi connectivity index (χ4n) is 4.71. The lowest BCUT2D eigenvalue weighted by Crippen LogP contribution is -2.59. The number of piperazine rings is 1. The van der Waals surface area contributed by atoms with Crippen molar-refractivity contribution >= 4 is 22.6 Å². The van der Waals surface area contributed by atoms with Gasteiger partial charge in [-0.3, -0.25) is 9.69 Å². The molecular formula is C28H38N6O2S. The second kappa shape index (κ2) is 13.0. The molecule has 1 saturated heterocycles. The van der Waals surface area contributed by atoms with Gasteiger partial charge in [0.05, 0.1) is 17.3 Å². The summed E-state index contributed by atoms with van der Waals surface area (Å²) < 4.78 is 16.3. The molecule has 2 unspecified atom stereocenters. The van der Waals surface area contributed by atoms with Crippen LogP contribution in [0.4, 0.5) is 5.69 Å². The minimum atomic E-state index is -1.20. The summed E-state index contributed by atoms with van der Waals surface area (Å²) in [5, 5.41) is 3.09. The monoisotopic (exact) mass is 522 g/mol. The van der Waals surface area contributed by atoms with Crippen LogP contribution < -0.4 is 10.2 Å². The lowest BCUT2D eigenvalue weighted by molar-refractivity contribution is -0.126. The number of anilines is 1. The number of benzene rings is 2. The van der Waals surface area contributed by atoms with Crippen LogP contribution in [0.5, 0.6) is 0 Å². The second-order valence-electron chi connectivity index (χ2n) is 9.73. The first-order chi connectivity index (χ1) is 17.9. The summed E-state index contributed by atoms with van der Waals surface area (Å²) in [5.41, 5.74) is 4.73. The highest BCUT2D eigenvalue weighted by Gasteiger charge is 2.34. The van der Waals surface area contributed by atoms with Crippen LogP contribution in [0.25, 0.3) is 0 Å². The van der Waals surface area contributed by atoms with E-state index in [4.69, 9.17) is 0 Å². The zero-order valence-corrected chi connectivity index (χ0v) is 22.9. The maximum Gasteiger partial charge on any atom is 0.239 e. The van der Waals surface area contributed by atoms with Crippen LogP contribution in [0.15, 0.2) is 67.1 Å². The number of hydrogen-bond acceptors (Lipinski definition) is 5. The van der Waals surface area contributed by atoms with E-state index < -0.39 is 17.0 Å². The summed E-state index contributed by atoms with van der Waals surface area (Å²) in [4.78, 5) is 21.9. The van der Waals surface area contributed by atoms with Crippen molar-refractivity contribution in [3.8, 4) is 0 Å². The van der Waals surface area contributed by atoms with Gasteiger partial charge in [0.2, 0.25) is 5.91 Å². The molecule has 4 rings (SSSR count). The average Bonchev–Trinajstić information content (AvgIpc) is 3.34. The molecule has 2 atom stereocenters. The Morgan fingerprint density at radius 1 is 1.05 bits per heavy atom. The number of hydrogen-bond donors (Lipinski definition) is 1. The van der Waals surface area contributed by atoms with Gasteiger partial charge in [-0.05, 0) is 29.7 Å². The van der Waals surface area contributed by atoms with E-state index in [1.54, 1.807) is 6.26 Å². The number of rotatable bonds is 11. The summed E-state index contributed by atoms with van der Waals surface area (Å²) in [6, 6.07) is 18.5. The molecule has 37 heavy (non-hydrogen) atoms. The number of nitrogens with zero attached hydrogens (tertiary/aromatic N) is 5. The van der Waals surface area contributed by atoms with E-state index in [0.29, 0.717) is 26.1 Å². The van der Waals surface area contributed by atoms with Crippen molar-refractivity contribution in [3.63, 3.8) is 0 Å². The van der Waals surface area contributed by atoms with Gasteiger partial charge in [0, 0.05) is 83.6 Å². The molecule has 2 heterocycles. The first-order valence-corrected chi connectivity index (χ1v) is 14.3. The molecule has 2 aromatic carbocycles. The number of imidazole rings is 1. The summed E-state index contributed by atoms with van der Waals surface area (Å²) in [6.07, 6.45) is 6.97. The molecule has 1 aliphatic rings. The number of nitrogens with one attached hydrogen (secondary N) is 1. The van der Waals surface area contributed by atoms with Gasteiger partial charge in [0.25, 0.3) is 0 Å². The molecular weight excluding hydrogens is 484 g/mol. The highest BCUT2D eigenvalue weighted by Crippen LogP contribution is 2.15. The van der Waals surface area contributed by atoms with Crippen LogP contribution in [-0.2, 0) is 35.2 Å². The maximum absolute atomic E-state index is 13.2. The number of amides is 1. The molecule has 1 aromatic heterocycles. The Balaban J connectivity index is 1.30. The zero-order valence-electron chi connectivity index (χ0n) is 22.0. The minimum absolute atomic E-state index is 0.0649. The Kier molecular flexibility index (Phi) is 9.49. The van der Waals surface area contributed by atoms with Gasteiger partial charge in [-0.2, -0.15) is 0 Å². The van der Waals surface area contributed by atoms with Crippen molar-refractivity contribution in [2.75, 3.05) is 58.0 Å². The van der Waals surface area contributed by atoms with E-state index in [1.165, 1.54) is 16.8 Å². The van der Waals surface area contributed by atoms with Gasteiger partial charge in [-0.15, -0.1) is 0 Å². The van der Waals surface area contributed by atoms with Gasteiger partial charge in [0.15, 0.2) is 0 Å². The van der Waals surface area contributed by atoms with Crippen molar-refractivity contribution in [2.45, 2.75) is 25.4 Å². The Bertz CT molecular complexity index is 1160. The van der Waals surface area contributed by atoms with Crippen LogP contribution in [0.2, 0.25) is 0 Å². The van der Waals surface area contributed by atoms with Crippen LogP contribution >= 0.6 is 0 Å². The van der Waals surface area contributed by atoms with E-state index in [0.717, 1.165) is 31.7 Å². The van der Waals surface area contributed by atoms with E-state index in [1.807, 2.05) is 37.0 Å². The van der Waals surface area contributed by atoms with Crippen LogP contribution in [0, 0.1) is 0 Å². The predicted octanol–water partition coefficient (Wildman–Crippen LogP) is 2.18. The van der Waals surface area contributed by atoms with Crippen molar-refractivity contribution in [2.24, 2.45) is 0 Å². The molecule has 198 valence electrons. The third kappa shape index (κ3) is 7.50. The van der Waals surface area contributed by atoms with Gasteiger partial charge in [0.1, 0.15) is 6.04 Å². The normalized spacial score (nSPS) is 17.4. The molecule has 0 bridgehead atoms. The summed E-state index contributed by atoms with van der Waals surface area (Å²) >= 11 is 0. The molecule has 0 aliphatic carbocycles. The number of aromatic nitrogens is 2. The molecule has 1 fully saturated rings. The van der Waals surface area contributed by atoms with Crippen molar-refractivity contribution in [3.05, 3.63) is 83.9 Å². The van der Waals surface area contributed by atoms with Crippen LogP contribution in [0.3, 0.4) is 0 Å². The van der Waals surface area contributed by atoms with E-state index in [2.05, 4.69) is 73.2 Å². The first-order valence-electron chi connectivity index (χ1n) is 12.8. The van der Waals surface area contributed by atoms with Gasteiger partial charge in [-0.1, -0.05) is 42.5 Å². The molecule has 0 spiro atoms. The van der Waals surface area contributed by atoms with Crippen molar-refractivity contribution in [1.82, 2.24) is 24.1 Å². The molecule has 1 N–H and O–H groups in total. The largest absolute Gasteiger partial charge is 0.378 e. The van der Waals surface area contributed by atoms with Gasteiger partial charge < -0.3 is 14.8 Å². The molecule has 0 saturated carbocycles. The molecule has 1 aliphatic heterocycles. The SMILES string of the molecule is CN(C)c1ccc(Cn2cncc2CCNC(=O)C2CN(CCc3ccccc3)CCN2S(C)=O)cc1. The van der Waals surface area contributed by atoms with E-state index in [-0.39, 0.29) is 5.91 Å². The highest BCUT2D eigenvalue weighted by molar-refractivity contribution is 7.81. The van der Waals surface area contributed by atoms with Crippen molar-refractivity contribution < 1.29 is 9.00 Å². The molecule has 0 radical (unpaired) electrons. The Morgan fingerprint density at radius 3 is 2.51 bits per heavy atom. The summed E-state index contributed by atoms with van der Waals surface area (Å²) in [5.74, 6) is -0.0649. The fraction of sp³-hybridized carbons (Fsp3) is 0.429. The minimum Gasteiger partial charge on any atom is -0.378 e. The van der Waals surface area contributed by atoms with Gasteiger partial charge in [-0.25, -0.2) is 13.5 Å².